The van der Waals surface area contributed by atoms with Gasteiger partial charge in [-0.25, -0.2) is 4.39 Å². The molecular weight excluding hydrogens is 407 g/mol. The van der Waals surface area contributed by atoms with E-state index < -0.39 is 30.2 Å². The van der Waals surface area contributed by atoms with Crippen LogP contribution >= 0.6 is 15.9 Å². The predicted octanol–water partition coefficient (Wildman–Crippen LogP) is 3.49. The molecule has 2 amide bonds. The van der Waals surface area contributed by atoms with E-state index >= 15 is 0 Å². The third kappa shape index (κ3) is 7.02. The SMILES string of the molecule is O=C(CCC(=O)OCC(=O)Nc1ccc(Br)cc1)Nc1ccc(F)cc1. The van der Waals surface area contributed by atoms with Crippen LogP contribution in [0, 0.1) is 5.82 Å². The molecule has 0 saturated carbocycles. The highest BCUT2D eigenvalue weighted by molar-refractivity contribution is 9.10. The lowest BCUT2D eigenvalue weighted by Crippen LogP contribution is -2.21. The van der Waals surface area contributed by atoms with E-state index in [9.17, 15) is 18.8 Å². The van der Waals surface area contributed by atoms with Crippen LogP contribution in [-0.2, 0) is 19.1 Å². The van der Waals surface area contributed by atoms with Crippen LogP contribution in [0.3, 0.4) is 0 Å². The van der Waals surface area contributed by atoms with E-state index in [0.29, 0.717) is 11.4 Å². The van der Waals surface area contributed by atoms with Gasteiger partial charge in [0.15, 0.2) is 6.61 Å². The lowest BCUT2D eigenvalue weighted by Gasteiger charge is -2.07. The third-order valence-electron chi connectivity index (χ3n) is 3.18. The maximum atomic E-state index is 12.8. The highest BCUT2D eigenvalue weighted by atomic mass is 79.9. The summed E-state index contributed by atoms with van der Waals surface area (Å²) >= 11 is 3.28. The average molecular weight is 423 g/mol. The zero-order valence-corrected chi connectivity index (χ0v) is 15.2. The molecular formula is C18H16BrFN2O4. The average Bonchev–Trinajstić information content (AvgIpc) is 2.62. The predicted molar refractivity (Wildman–Crippen MR) is 98.0 cm³/mol. The van der Waals surface area contributed by atoms with Gasteiger partial charge >= 0.3 is 5.97 Å². The van der Waals surface area contributed by atoms with Gasteiger partial charge in [0.2, 0.25) is 5.91 Å². The van der Waals surface area contributed by atoms with Crippen LogP contribution in [0.25, 0.3) is 0 Å². The minimum absolute atomic E-state index is 0.107. The Morgan fingerprint density at radius 2 is 1.38 bits per heavy atom. The quantitative estimate of drug-likeness (QED) is 0.668. The maximum Gasteiger partial charge on any atom is 0.306 e. The number of ether oxygens (including phenoxy) is 1. The maximum absolute atomic E-state index is 12.8. The fourth-order valence-electron chi connectivity index (χ4n) is 1.92. The fourth-order valence-corrected chi connectivity index (χ4v) is 2.19. The van der Waals surface area contributed by atoms with E-state index in [2.05, 4.69) is 26.6 Å². The molecule has 0 unspecified atom stereocenters. The Morgan fingerprint density at radius 1 is 0.846 bits per heavy atom. The van der Waals surface area contributed by atoms with Crippen LogP contribution in [0.2, 0.25) is 0 Å². The summed E-state index contributed by atoms with van der Waals surface area (Å²) in [6, 6.07) is 12.2. The van der Waals surface area contributed by atoms with Gasteiger partial charge in [-0.05, 0) is 48.5 Å². The zero-order chi connectivity index (χ0) is 18.9. The molecule has 0 radical (unpaired) electrons. The Labute approximate surface area is 157 Å². The van der Waals surface area contributed by atoms with E-state index in [1.165, 1.54) is 24.3 Å². The number of benzene rings is 2. The van der Waals surface area contributed by atoms with Crippen molar-refractivity contribution in [2.75, 3.05) is 17.2 Å². The molecule has 0 heterocycles. The Balaban J connectivity index is 1.66. The molecule has 0 bridgehead atoms. The van der Waals surface area contributed by atoms with Gasteiger partial charge in [-0.15, -0.1) is 0 Å². The van der Waals surface area contributed by atoms with E-state index in [0.717, 1.165) is 4.47 Å². The molecule has 2 aromatic carbocycles. The topological polar surface area (TPSA) is 84.5 Å². The molecule has 0 saturated heterocycles. The summed E-state index contributed by atoms with van der Waals surface area (Å²) in [6.45, 7) is -0.436. The minimum atomic E-state index is -0.662. The van der Waals surface area contributed by atoms with Gasteiger partial charge in [-0.2, -0.15) is 0 Å². The highest BCUT2D eigenvalue weighted by Crippen LogP contribution is 2.14. The van der Waals surface area contributed by atoms with Gasteiger partial charge in [0.1, 0.15) is 5.82 Å². The van der Waals surface area contributed by atoms with E-state index in [1.54, 1.807) is 24.3 Å². The minimum Gasteiger partial charge on any atom is -0.456 e. The second-order valence-electron chi connectivity index (χ2n) is 5.27. The number of esters is 1. The molecule has 26 heavy (non-hydrogen) atoms. The number of amides is 2. The summed E-state index contributed by atoms with van der Waals surface area (Å²) in [5.74, 6) is -1.96. The van der Waals surface area contributed by atoms with E-state index in [4.69, 9.17) is 4.74 Å². The van der Waals surface area contributed by atoms with Crippen LogP contribution in [0.5, 0.6) is 0 Å². The number of hydrogen-bond donors (Lipinski definition) is 2. The van der Waals surface area contributed by atoms with Crippen molar-refractivity contribution in [3.8, 4) is 0 Å². The molecule has 0 spiro atoms. The largest absolute Gasteiger partial charge is 0.456 e. The van der Waals surface area contributed by atoms with Gasteiger partial charge < -0.3 is 15.4 Å². The number of halogens is 2. The molecule has 2 rings (SSSR count). The first kappa shape index (κ1) is 19.6. The van der Waals surface area contributed by atoms with Crippen molar-refractivity contribution < 1.29 is 23.5 Å². The molecule has 0 fully saturated rings. The van der Waals surface area contributed by atoms with Crippen molar-refractivity contribution in [1.29, 1.82) is 0 Å². The molecule has 0 aromatic heterocycles. The van der Waals surface area contributed by atoms with Crippen LogP contribution in [-0.4, -0.2) is 24.4 Å². The van der Waals surface area contributed by atoms with Crippen molar-refractivity contribution in [3.05, 3.63) is 58.8 Å². The lowest BCUT2D eigenvalue weighted by molar-refractivity contribution is -0.147. The molecule has 2 aromatic rings. The molecule has 0 aliphatic rings. The van der Waals surface area contributed by atoms with Crippen molar-refractivity contribution in [2.45, 2.75) is 12.8 Å². The number of hydrogen-bond acceptors (Lipinski definition) is 4. The van der Waals surface area contributed by atoms with Gasteiger partial charge in [0.25, 0.3) is 5.91 Å². The van der Waals surface area contributed by atoms with Gasteiger partial charge in [0.05, 0.1) is 6.42 Å². The monoisotopic (exact) mass is 422 g/mol. The zero-order valence-electron chi connectivity index (χ0n) is 13.6. The van der Waals surface area contributed by atoms with Gasteiger partial charge in [0, 0.05) is 22.3 Å². The first-order valence-corrected chi connectivity index (χ1v) is 8.48. The number of rotatable bonds is 7. The Hall–Kier alpha value is -2.74. The number of anilines is 2. The van der Waals surface area contributed by atoms with Crippen molar-refractivity contribution in [3.63, 3.8) is 0 Å². The first-order chi connectivity index (χ1) is 12.4. The first-order valence-electron chi connectivity index (χ1n) is 7.69. The van der Waals surface area contributed by atoms with Crippen molar-refractivity contribution in [1.82, 2.24) is 0 Å². The smallest absolute Gasteiger partial charge is 0.306 e. The van der Waals surface area contributed by atoms with Crippen LogP contribution in [0.15, 0.2) is 53.0 Å². The van der Waals surface area contributed by atoms with Gasteiger partial charge in [-0.1, -0.05) is 15.9 Å². The van der Waals surface area contributed by atoms with E-state index in [1.807, 2.05) is 0 Å². The molecule has 0 atom stereocenters. The fraction of sp³-hybridized carbons (Fsp3) is 0.167. The third-order valence-corrected chi connectivity index (χ3v) is 3.71. The molecule has 0 aliphatic heterocycles. The number of carbonyl (C=O) groups is 3. The van der Waals surface area contributed by atoms with E-state index in [-0.39, 0.29) is 12.8 Å². The van der Waals surface area contributed by atoms with Crippen LogP contribution in [0.4, 0.5) is 15.8 Å². The second-order valence-corrected chi connectivity index (χ2v) is 6.19. The summed E-state index contributed by atoms with van der Waals surface area (Å²) in [4.78, 5) is 35.0. The molecule has 8 heteroatoms. The molecule has 0 aliphatic carbocycles. The lowest BCUT2D eigenvalue weighted by atomic mass is 10.2. The summed E-state index contributed by atoms with van der Waals surface area (Å²) in [5, 5.41) is 5.11. The van der Waals surface area contributed by atoms with Crippen LogP contribution in [0.1, 0.15) is 12.8 Å². The van der Waals surface area contributed by atoms with Crippen molar-refractivity contribution in [2.24, 2.45) is 0 Å². The number of carbonyl (C=O) groups excluding carboxylic acids is 3. The molecule has 6 nitrogen and oxygen atoms in total. The summed E-state index contributed by atoms with van der Waals surface area (Å²) in [5.41, 5.74) is 1.01. The standard InChI is InChI=1S/C18H16BrFN2O4/c19-12-1-5-14(6-2-12)22-17(24)11-26-18(25)10-9-16(23)21-15-7-3-13(20)4-8-15/h1-8H,9-11H2,(H,21,23)(H,22,24). The second kappa shape index (κ2) is 9.67. The Kier molecular flexibility index (Phi) is 7.28. The molecule has 136 valence electrons. The summed E-state index contributed by atoms with van der Waals surface area (Å²) in [6.07, 6.45) is -0.275. The highest BCUT2D eigenvalue weighted by Gasteiger charge is 2.11. The molecule has 2 N–H and O–H groups in total. The Bertz CT molecular complexity index is 713. The Morgan fingerprint density at radius 3 is 2.00 bits per heavy atom. The van der Waals surface area contributed by atoms with Crippen LogP contribution < -0.4 is 10.6 Å². The summed E-state index contributed by atoms with van der Waals surface area (Å²) in [7, 11) is 0. The normalized spacial score (nSPS) is 10.1. The van der Waals surface area contributed by atoms with Gasteiger partial charge in [-0.3, -0.25) is 14.4 Å². The van der Waals surface area contributed by atoms with Crippen molar-refractivity contribution >= 4 is 45.1 Å². The summed E-state index contributed by atoms with van der Waals surface area (Å²) < 4.78 is 18.5. The number of nitrogens with one attached hydrogen (secondary N) is 2.